The van der Waals surface area contributed by atoms with E-state index in [4.69, 9.17) is 0 Å². The quantitative estimate of drug-likeness (QED) is 0.489. The van der Waals surface area contributed by atoms with E-state index in [1.165, 1.54) is 11.3 Å². The van der Waals surface area contributed by atoms with Crippen LogP contribution in [-0.2, 0) is 4.79 Å². The lowest BCUT2D eigenvalue weighted by molar-refractivity contribution is -0.140. The zero-order valence-electron chi connectivity index (χ0n) is 16.4. The maximum absolute atomic E-state index is 13.2. The van der Waals surface area contributed by atoms with Crippen LogP contribution in [0, 0.1) is 0 Å². The highest BCUT2D eigenvalue weighted by molar-refractivity contribution is 7.16. The molecule has 1 amide bonds. The molecule has 0 radical (unpaired) electrons. The van der Waals surface area contributed by atoms with Gasteiger partial charge >= 0.3 is 5.97 Å². The van der Waals surface area contributed by atoms with Gasteiger partial charge in [0.25, 0.3) is 5.91 Å². The number of carboxylic acids is 1. The van der Waals surface area contributed by atoms with Gasteiger partial charge in [0, 0.05) is 5.56 Å². The van der Waals surface area contributed by atoms with Gasteiger partial charge in [0.15, 0.2) is 4.80 Å². The molecule has 0 fully saturated rings. The SMILES string of the molecule is CCC(C(=O)O)n1/c(=N\C(=O)c2ccccc2-c2ccccc2)sc2ccccc21. The van der Waals surface area contributed by atoms with Crippen LogP contribution >= 0.6 is 11.3 Å². The highest BCUT2D eigenvalue weighted by Crippen LogP contribution is 2.25. The van der Waals surface area contributed by atoms with Crippen molar-refractivity contribution in [2.45, 2.75) is 19.4 Å². The standard InChI is InChI=1S/C24H20N2O3S/c1-2-19(23(28)29)26-20-14-8-9-15-21(20)30-24(26)25-22(27)18-13-7-6-12-17(18)16-10-4-3-5-11-16/h3-15,19H,2H2,1H3,(H,28,29)/b25-24+. The van der Waals surface area contributed by atoms with Gasteiger partial charge in [-0.1, -0.05) is 78.9 Å². The van der Waals surface area contributed by atoms with Gasteiger partial charge in [0.1, 0.15) is 6.04 Å². The van der Waals surface area contributed by atoms with Crippen LogP contribution in [0.2, 0.25) is 0 Å². The minimum absolute atomic E-state index is 0.387. The third kappa shape index (κ3) is 3.69. The molecule has 1 unspecified atom stereocenters. The summed E-state index contributed by atoms with van der Waals surface area (Å²) in [6.45, 7) is 1.81. The molecule has 30 heavy (non-hydrogen) atoms. The number of para-hydroxylation sites is 1. The summed E-state index contributed by atoms with van der Waals surface area (Å²) in [6.07, 6.45) is 0.387. The van der Waals surface area contributed by atoms with E-state index < -0.39 is 17.9 Å². The molecule has 0 aliphatic carbocycles. The molecule has 1 aromatic heterocycles. The fourth-order valence-corrected chi connectivity index (χ4v) is 4.59. The molecule has 0 aliphatic rings. The molecule has 6 heteroatoms. The first-order valence-electron chi connectivity index (χ1n) is 9.66. The van der Waals surface area contributed by atoms with Crippen molar-refractivity contribution in [1.82, 2.24) is 4.57 Å². The van der Waals surface area contributed by atoms with Crippen LogP contribution in [0.3, 0.4) is 0 Å². The van der Waals surface area contributed by atoms with Gasteiger partial charge in [-0.05, 0) is 35.7 Å². The molecule has 5 nitrogen and oxygen atoms in total. The van der Waals surface area contributed by atoms with E-state index in [0.29, 0.717) is 16.8 Å². The Labute approximate surface area is 177 Å². The van der Waals surface area contributed by atoms with Crippen molar-refractivity contribution >= 4 is 33.4 Å². The molecule has 1 atom stereocenters. The molecule has 0 spiro atoms. The van der Waals surface area contributed by atoms with Gasteiger partial charge in [-0.2, -0.15) is 4.99 Å². The molecule has 3 aromatic carbocycles. The lowest BCUT2D eigenvalue weighted by atomic mass is 9.99. The number of benzene rings is 3. The van der Waals surface area contributed by atoms with Crippen LogP contribution < -0.4 is 4.80 Å². The first kappa shape index (κ1) is 19.8. The van der Waals surface area contributed by atoms with Gasteiger partial charge in [0.05, 0.1) is 10.2 Å². The van der Waals surface area contributed by atoms with Crippen LogP contribution in [0.4, 0.5) is 0 Å². The van der Waals surface area contributed by atoms with Crippen LogP contribution in [-0.4, -0.2) is 21.6 Å². The maximum Gasteiger partial charge on any atom is 0.326 e. The van der Waals surface area contributed by atoms with Crippen LogP contribution in [0.5, 0.6) is 0 Å². The molecule has 0 saturated carbocycles. The Morgan fingerprint density at radius 2 is 1.63 bits per heavy atom. The summed E-state index contributed by atoms with van der Waals surface area (Å²) in [5.74, 6) is -1.34. The fourth-order valence-electron chi connectivity index (χ4n) is 3.52. The molecule has 0 aliphatic heterocycles. The third-order valence-corrected chi connectivity index (χ3v) is 5.99. The molecule has 4 rings (SSSR count). The number of aromatic nitrogens is 1. The van der Waals surface area contributed by atoms with Crippen molar-refractivity contribution in [3.63, 3.8) is 0 Å². The first-order chi connectivity index (χ1) is 14.6. The van der Waals surface area contributed by atoms with Crippen molar-refractivity contribution in [3.8, 4) is 11.1 Å². The van der Waals surface area contributed by atoms with E-state index >= 15 is 0 Å². The highest BCUT2D eigenvalue weighted by atomic mass is 32.1. The summed E-state index contributed by atoms with van der Waals surface area (Å²) in [5, 5.41) is 9.73. The molecule has 0 saturated heterocycles. The third-order valence-electron chi connectivity index (χ3n) is 4.96. The van der Waals surface area contributed by atoms with Crippen LogP contribution in [0.25, 0.3) is 21.3 Å². The number of rotatable bonds is 5. The number of nitrogens with zero attached hydrogens (tertiary/aromatic N) is 2. The topological polar surface area (TPSA) is 71.7 Å². The molecule has 1 N–H and O–H groups in total. The molecule has 0 bridgehead atoms. The van der Waals surface area contributed by atoms with E-state index in [9.17, 15) is 14.7 Å². The minimum atomic E-state index is -0.945. The van der Waals surface area contributed by atoms with E-state index in [-0.39, 0.29) is 0 Å². The van der Waals surface area contributed by atoms with Gasteiger partial charge < -0.3 is 9.67 Å². The summed E-state index contributed by atoms with van der Waals surface area (Å²) in [6, 6.07) is 23.7. The van der Waals surface area contributed by atoms with Gasteiger partial charge in [-0.15, -0.1) is 0 Å². The first-order valence-corrected chi connectivity index (χ1v) is 10.5. The van der Waals surface area contributed by atoms with Gasteiger partial charge in [0.2, 0.25) is 0 Å². The van der Waals surface area contributed by atoms with Crippen molar-refractivity contribution in [2.75, 3.05) is 0 Å². The van der Waals surface area contributed by atoms with E-state index in [1.807, 2.05) is 73.7 Å². The van der Waals surface area contributed by atoms with Crippen molar-refractivity contribution < 1.29 is 14.7 Å². The van der Waals surface area contributed by atoms with Crippen molar-refractivity contribution in [3.05, 3.63) is 89.2 Å². The minimum Gasteiger partial charge on any atom is -0.480 e. The van der Waals surface area contributed by atoms with Crippen molar-refractivity contribution in [2.24, 2.45) is 4.99 Å². The zero-order valence-corrected chi connectivity index (χ0v) is 17.2. The summed E-state index contributed by atoms with van der Waals surface area (Å²) in [4.78, 5) is 29.8. The Balaban J connectivity index is 1.90. The summed E-state index contributed by atoms with van der Waals surface area (Å²) >= 11 is 1.32. The average Bonchev–Trinajstić information content (AvgIpc) is 3.12. The van der Waals surface area contributed by atoms with Crippen LogP contribution in [0.15, 0.2) is 83.9 Å². The molecular formula is C24H20N2O3S. The monoisotopic (exact) mass is 416 g/mol. The number of carboxylic acid groups (broad SMARTS) is 1. The number of hydrogen-bond acceptors (Lipinski definition) is 3. The zero-order chi connectivity index (χ0) is 21.1. The normalized spacial score (nSPS) is 12.8. The molecule has 4 aromatic rings. The van der Waals surface area contributed by atoms with Gasteiger partial charge in [-0.3, -0.25) is 4.79 Å². The van der Waals surface area contributed by atoms with Gasteiger partial charge in [-0.25, -0.2) is 4.79 Å². The average molecular weight is 417 g/mol. The van der Waals surface area contributed by atoms with E-state index in [2.05, 4.69) is 4.99 Å². The van der Waals surface area contributed by atoms with Crippen LogP contribution in [0.1, 0.15) is 29.7 Å². The molecule has 1 heterocycles. The second-order valence-corrected chi connectivity index (χ2v) is 7.82. The number of fused-ring (bicyclic) bond motifs is 1. The lowest BCUT2D eigenvalue weighted by Crippen LogP contribution is -2.27. The van der Waals surface area contributed by atoms with E-state index in [1.54, 1.807) is 16.7 Å². The second kappa shape index (κ2) is 8.47. The number of carbonyl (C=O) groups is 2. The number of aliphatic carboxylic acids is 1. The summed E-state index contributed by atoms with van der Waals surface area (Å²) in [7, 11) is 0. The highest BCUT2D eigenvalue weighted by Gasteiger charge is 2.22. The number of carbonyl (C=O) groups excluding carboxylic acids is 1. The Morgan fingerprint density at radius 3 is 2.37 bits per heavy atom. The lowest BCUT2D eigenvalue weighted by Gasteiger charge is -2.13. The van der Waals surface area contributed by atoms with E-state index in [0.717, 1.165) is 21.3 Å². The largest absolute Gasteiger partial charge is 0.480 e. The summed E-state index contributed by atoms with van der Waals surface area (Å²) < 4.78 is 2.55. The predicted molar refractivity (Wildman–Crippen MR) is 119 cm³/mol. The Bertz CT molecular complexity index is 1290. The second-order valence-electron chi connectivity index (χ2n) is 6.81. The Kier molecular flexibility index (Phi) is 5.59. The Hall–Kier alpha value is -3.51. The maximum atomic E-state index is 13.2. The predicted octanol–water partition coefficient (Wildman–Crippen LogP) is 5.15. The number of thiazole rings is 1. The molecule has 150 valence electrons. The number of amides is 1. The fraction of sp³-hybridized carbons (Fsp3) is 0.125. The smallest absolute Gasteiger partial charge is 0.326 e. The number of hydrogen-bond donors (Lipinski definition) is 1. The Morgan fingerprint density at radius 1 is 0.967 bits per heavy atom. The van der Waals surface area contributed by atoms with Crippen molar-refractivity contribution in [1.29, 1.82) is 0 Å². The summed E-state index contributed by atoms with van der Waals surface area (Å²) in [5.41, 5.74) is 2.97. The molecular weight excluding hydrogens is 396 g/mol.